The molecule has 0 radical (unpaired) electrons. The number of benzene rings is 2. The van der Waals surface area contributed by atoms with Crippen LogP contribution in [0.25, 0.3) is 0 Å². The molecule has 7 rings (SSSR count). The van der Waals surface area contributed by atoms with Crippen molar-refractivity contribution in [2.24, 2.45) is 11.8 Å². The number of piperidine rings is 1. The molecule has 0 aromatic heterocycles. The fourth-order valence-electron chi connectivity index (χ4n) is 9.21. The van der Waals surface area contributed by atoms with Crippen molar-refractivity contribution in [3.63, 3.8) is 0 Å². The lowest BCUT2D eigenvalue weighted by Gasteiger charge is -2.65. The van der Waals surface area contributed by atoms with Gasteiger partial charge in [0.25, 0.3) is 5.91 Å². The van der Waals surface area contributed by atoms with Crippen LogP contribution in [0.3, 0.4) is 0 Å². The van der Waals surface area contributed by atoms with Gasteiger partial charge in [-0.25, -0.2) is 0 Å². The van der Waals surface area contributed by atoms with Crippen LogP contribution in [0.4, 0.5) is 0 Å². The number of amides is 1. The molecule has 248 valence electrons. The topological polar surface area (TPSA) is 85.4 Å². The van der Waals surface area contributed by atoms with Gasteiger partial charge in [-0.1, -0.05) is 31.9 Å². The Balaban J connectivity index is 1.35. The average molecular weight is 639 g/mol. The van der Waals surface area contributed by atoms with Crippen LogP contribution in [0.5, 0.6) is 11.5 Å². The minimum absolute atomic E-state index is 0.00959. The van der Waals surface area contributed by atoms with Gasteiger partial charge < -0.3 is 19.1 Å². The molecular weight excluding hydrogens is 592 g/mol. The molecule has 47 heavy (non-hydrogen) atoms. The standard InChI is InChI=1S/C39H46N2O6/c1-23(2)21-41(34(44)14-11-28-8-7-24(3)25(4)19-28)31-15-16-39(47-27(6)43)33-20-30-12-13-32(45-26(5)42)36-35(30)38(39,37(31)46-36)17-18-40(33)22-29-9-10-29/h7-8,12-13,19,23,29,31,33,37H,9-10,15-18,20-22H2,1-6H3/t31-,33-,37+,38+,39-/m1/s1. The second-order valence-electron chi connectivity index (χ2n) is 14.9. The SMILES string of the molecule is CC(=O)Oc1ccc2c3c1O[C@H]1[C@H](N(CC(C)C)C(=O)C#Cc4ccc(C)c(C)c4)CC[C@@]4(OC(C)=O)[C@@H](C2)N(CC2CC2)CC[C@]314. The minimum atomic E-state index is -0.835. The van der Waals surface area contributed by atoms with Gasteiger partial charge in [0.05, 0.1) is 17.5 Å². The maximum atomic E-state index is 14.2. The molecule has 0 N–H and O–H groups in total. The fraction of sp³-hybridized carbons (Fsp3) is 0.564. The molecule has 1 spiro atoms. The first-order chi connectivity index (χ1) is 22.4. The maximum Gasteiger partial charge on any atom is 0.308 e. The van der Waals surface area contributed by atoms with Gasteiger partial charge in [0.15, 0.2) is 11.5 Å². The Hall–Kier alpha value is -3.83. The van der Waals surface area contributed by atoms with Crippen molar-refractivity contribution < 1.29 is 28.6 Å². The Morgan fingerprint density at radius 1 is 1.04 bits per heavy atom. The van der Waals surface area contributed by atoms with E-state index in [4.69, 9.17) is 14.2 Å². The lowest BCUT2D eigenvalue weighted by Crippen LogP contribution is -2.79. The van der Waals surface area contributed by atoms with Crippen molar-refractivity contribution in [1.82, 2.24) is 9.80 Å². The van der Waals surface area contributed by atoms with E-state index < -0.39 is 23.1 Å². The van der Waals surface area contributed by atoms with E-state index in [0.29, 0.717) is 43.2 Å². The first-order valence-corrected chi connectivity index (χ1v) is 17.3. The average Bonchev–Trinajstić information content (AvgIpc) is 3.75. The number of hydrogen-bond acceptors (Lipinski definition) is 7. The Bertz CT molecular complexity index is 1700. The van der Waals surface area contributed by atoms with Crippen LogP contribution in [0, 0.1) is 37.5 Å². The highest BCUT2D eigenvalue weighted by Gasteiger charge is 2.76. The number of likely N-dealkylation sites (tertiary alicyclic amines) is 1. The van der Waals surface area contributed by atoms with Crippen LogP contribution in [-0.4, -0.2) is 71.1 Å². The predicted molar refractivity (Wildman–Crippen MR) is 177 cm³/mol. The highest BCUT2D eigenvalue weighted by atomic mass is 16.6. The number of hydrogen-bond donors (Lipinski definition) is 0. The van der Waals surface area contributed by atoms with Gasteiger partial charge in [-0.2, -0.15) is 0 Å². The number of aryl methyl sites for hydroxylation is 2. The van der Waals surface area contributed by atoms with Crippen LogP contribution in [-0.2, 0) is 31.0 Å². The van der Waals surface area contributed by atoms with E-state index in [2.05, 4.69) is 43.6 Å². The van der Waals surface area contributed by atoms with Crippen LogP contribution in [0.1, 0.15) is 87.6 Å². The molecule has 1 saturated heterocycles. The maximum absolute atomic E-state index is 14.2. The highest BCUT2D eigenvalue weighted by Crippen LogP contribution is 2.67. The van der Waals surface area contributed by atoms with Gasteiger partial charge in [0.1, 0.15) is 11.7 Å². The highest BCUT2D eigenvalue weighted by molar-refractivity contribution is 5.94. The largest absolute Gasteiger partial charge is 0.483 e. The number of carbonyl (C=O) groups excluding carboxylic acids is 3. The van der Waals surface area contributed by atoms with Crippen molar-refractivity contribution in [2.45, 2.75) is 109 Å². The second-order valence-corrected chi connectivity index (χ2v) is 14.9. The smallest absolute Gasteiger partial charge is 0.308 e. The van der Waals surface area contributed by atoms with E-state index in [1.807, 2.05) is 36.1 Å². The molecule has 5 atom stereocenters. The molecule has 8 heteroatoms. The zero-order valence-corrected chi connectivity index (χ0v) is 28.5. The molecule has 0 unspecified atom stereocenters. The Labute approximate surface area is 278 Å². The summed E-state index contributed by atoms with van der Waals surface area (Å²) in [6.45, 7) is 13.6. The number of esters is 2. The second kappa shape index (κ2) is 11.7. The fourth-order valence-corrected chi connectivity index (χ4v) is 9.21. The lowest BCUT2D eigenvalue weighted by molar-refractivity contribution is -0.224. The minimum Gasteiger partial charge on any atom is -0.483 e. The van der Waals surface area contributed by atoms with Gasteiger partial charge >= 0.3 is 11.9 Å². The lowest BCUT2D eigenvalue weighted by atomic mass is 9.48. The summed E-state index contributed by atoms with van der Waals surface area (Å²) in [7, 11) is 0. The predicted octanol–water partition coefficient (Wildman–Crippen LogP) is 5.27. The van der Waals surface area contributed by atoms with E-state index in [1.54, 1.807) is 0 Å². The zero-order chi connectivity index (χ0) is 33.2. The Morgan fingerprint density at radius 2 is 1.83 bits per heavy atom. The molecule has 8 nitrogen and oxygen atoms in total. The monoisotopic (exact) mass is 638 g/mol. The molecule has 2 bridgehead atoms. The molecule has 5 aliphatic rings. The van der Waals surface area contributed by atoms with Crippen LogP contribution < -0.4 is 9.47 Å². The summed E-state index contributed by atoms with van der Waals surface area (Å²) in [4.78, 5) is 44.0. The van der Waals surface area contributed by atoms with Crippen molar-refractivity contribution in [3.8, 4) is 23.3 Å². The molecule has 3 fully saturated rings. The summed E-state index contributed by atoms with van der Waals surface area (Å²) in [5.74, 6) is 6.95. The van der Waals surface area contributed by atoms with Gasteiger partial charge in [-0.05, 0) is 106 Å². The quantitative estimate of drug-likeness (QED) is 0.232. The van der Waals surface area contributed by atoms with Gasteiger partial charge in [0, 0.05) is 44.0 Å². The number of carbonyl (C=O) groups is 3. The molecule has 1 amide bonds. The molecule has 2 saturated carbocycles. The molecule has 3 aliphatic carbocycles. The number of ether oxygens (including phenoxy) is 3. The summed E-state index contributed by atoms with van der Waals surface area (Å²) < 4.78 is 19.4. The first kappa shape index (κ1) is 31.8. The van der Waals surface area contributed by atoms with Crippen molar-refractivity contribution >= 4 is 17.8 Å². The third kappa shape index (κ3) is 5.22. The summed E-state index contributed by atoms with van der Waals surface area (Å²) in [6, 6.07) is 9.57. The third-order valence-corrected chi connectivity index (χ3v) is 11.3. The molecule has 2 aliphatic heterocycles. The molecule has 2 heterocycles. The first-order valence-electron chi connectivity index (χ1n) is 17.3. The molecule has 2 aromatic rings. The Kier molecular flexibility index (Phi) is 7.90. The summed E-state index contributed by atoms with van der Waals surface area (Å²) in [5, 5.41) is 0. The Morgan fingerprint density at radius 3 is 2.51 bits per heavy atom. The van der Waals surface area contributed by atoms with Crippen LogP contribution in [0.15, 0.2) is 30.3 Å². The van der Waals surface area contributed by atoms with Crippen molar-refractivity contribution in [1.29, 1.82) is 0 Å². The molecular formula is C39H46N2O6. The van der Waals surface area contributed by atoms with E-state index in [0.717, 1.165) is 41.8 Å². The van der Waals surface area contributed by atoms with Crippen LogP contribution in [0.2, 0.25) is 0 Å². The van der Waals surface area contributed by atoms with Crippen molar-refractivity contribution in [3.05, 3.63) is 58.1 Å². The van der Waals surface area contributed by atoms with Gasteiger partial charge in [-0.15, -0.1) is 0 Å². The molecule has 2 aromatic carbocycles. The van der Waals surface area contributed by atoms with E-state index in [9.17, 15) is 14.4 Å². The zero-order valence-electron chi connectivity index (χ0n) is 28.5. The van der Waals surface area contributed by atoms with Crippen LogP contribution >= 0.6 is 0 Å². The normalized spacial score (nSPS) is 28.4. The number of rotatable bonds is 7. The van der Waals surface area contributed by atoms with E-state index in [1.165, 1.54) is 32.3 Å². The third-order valence-electron chi connectivity index (χ3n) is 11.3. The van der Waals surface area contributed by atoms with E-state index >= 15 is 0 Å². The summed E-state index contributed by atoms with van der Waals surface area (Å²) >= 11 is 0. The number of nitrogens with zero attached hydrogens (tertiary/aromatic N) is 2. The summed E-state index contributed by atoms with van der Waals surface area (Å²) in [6.07, 6.45) is 4.62. The van der Waals surface area contributed by atoms with Gasteiger partial charge in [-0.3, -0.25) is 19.3 Å². The van der Waals surface area contributed by atoms with Crippen molar-refractivity contribution in [2.75, 3.05) is 19.6 Å². The van der Waals surface area contributed by atoms with E-state index in [-0.39, 0.29) is 29.9 Å². The summed E-state index contributed by atoms with van der Waals surface area (Å²) in [5.41, 5.74) is 3.71. The van der Waals surface area contributed by atoms with Gasteiger partial charge in [0.2, 0.25) is 0 Å².